The van der Waals surface area contributed by atoms with Gasteiger partial charge in [-0.05, 0) is 43.5 Å². The van der Waals surface area contributed by atoms with Crippen LogP contribution in [0.25, 0.3) is 10.9 Å². The maximum Gasteiger partial charge on any atom is 0.189 e. The Morgan fingerprint density at radius 2 is 2.14 bits per heavy atom. The van der Waals surface area contributed by atoms with Gasteiger partial charge in [-0.1, -0.05) is 19.1 Å². The average molecular weight is 382 g/mol. The lowest BCUT2D eigenvalue weighted by atomic mass is 9.91. The van der Waals surface area contributed by atoms with E-state index in [0.29, 0.717) is 12.5 Å². The summed E-state index contributed by atoms with van der Waals surface area (Å²) in [6, 6.07) is 13.9. The smallest absolute Gasteiger partial charge is 0.189 e. The van der Waals surface area contributed by atoms with Crippen LogP contribution < -0.4 is 9.64 Å². The van der Waals surface area contributed by atoms with Crippen molar-refractivity contribution in [2.24, 2.45) is 0 Å². The van der Waals surface area contributed by atoms with E-state index in [0.717, 1.165) is 60.4 Å². The van der Waals surface area contributed by atoms with Gasteiger partial charge in [0.15, 0.2) is 12.5 Å². The molecule has 6 heteroatoms. The number of para-hydroxylation sites is 1. The number of hydrogen-bond donors (Lipinski definition) is 1. The molecule has 0 atom stereocenters. The summed E-state index contributed by atoms with van der Waals surface area (Å²) in [5.74, 6) is 0.853. The third kappa shape index (κ3) is 3.97. The lowest BCUT2D eigenvalue weighted by molar-refractivity contribution is 0.0157. The fourth-order valence-corrected chi connectivity index (χ4v) is 3.80. The van der Waals surface area contributed by atoms with Crippen LogP contribution in [0.4, 0.5) is 10.1 Å². The van der Waals surface area contributed by atoms with E-state index in [2.05, 4.69) is 34.2 Å². The molecule has 1 aliphatic heterocycles. The molecule has 147 valence electrons. The van der Waals surface area contributed by atoms with Crippen LogP contribution in [-0.2, 0) is 4.74 Å². The number of halogens is 1. The molecule has 0 unspecified atom stereocenters. The largest absolute Gasteiger partial charge is 0.465 e. The monoisotopic (exact) mass is 382 g/mol. The van der Waals surface area contributed by atoms with Crippen LogP contribution in [0, 0.1) is 11.9 Å². The number of fused-ring (bicyclic) bond motifs is 1. The van der Waals surface area contributed by atoms with E-state index in [1.54, 1.807) is 0 Å². The van der Waals surface area contributed by atoms with Gasteiger partial charge in [-0.2, -0.15) is 5.10 Å². The Bertz CT molecular complexity index is 919. The second kappa shape index (κ2) is 8.61. The molecule has 3 aromatic rings. The van der Waals surface area contributed by atoms with Crippen LogP contribution in [0.3, 0.4) is 0 Å². The Hall–Kier alpha value is -2.60. The molecule has 1 fully saturated rings. The number of benzene rings is 2. The van der Waals surface area contributed by atoms with Crippen molar-refractivity contribution in [1.29, 1.82) is 0 Å². The van der Waals surface area contributed by atoms with Gasteiger partial charge >= 0.3 is 0 Å². The van der Waals surface area contributed by atoms with Crippen molar-refractivity contribution >= 4 is 16.6 Å². The zero-order valence-corrected chi connectivity index (χ0v) is 16.1. The second-order valence-corrected chi connectivity index (χ2v) is 7.11. The number of aromatic nitrogens is 2. The summed E-state index contributed by atoms with van der Waals surface area (Å²) in [5.41, 5.74) is 2.85. The molecule has 1 saturated heterocycles. The molecule has 1 N–H and O–H groups in total. The standard InChI is InChI=1S/C22H25FN3O2/c1-2-13-27-15-28-21-6-4-3-5-20(21)26-11-9-16(10-12-26)22-18-8-7-17(23)14-19(18)24-25-22/h3-5,7-8,14,16H,2,9-13,15H2,1H3,(H,24,25). The first-order valence-corrected chi connectivity index (χ1v) is 9.86. The highest BCUT2D eigenvalue weighted by Gasteiger charge is 2.25. The summed E-state index contributed by atoms with van der Waals surface area (Å²) in [5, 5.41) is 8.46. The Morgan fingerprint density at radius 3 is 2.96 bits per heavy atom. The van der Waals surface area contributed by atoms with Gasteiger partial charge in [0, 0.05) is 30.5 Å². The van der Waals surface area contributed by atoms with E-state index in [-0.39, 0.29) is 12.6 Å². The van der Waals surface area contributed by atoms with E-state index in [1.165, 1.54) is 12.1 Å². The molecule has 5 nitrogen and oxygen atoms in total. The molecule has 4 rings (SSSR count). The molecular formula is C22H25FN3O2. The molecule has 0 amide bonds. The number of hydrogen-bond acceptors (Lipinski definition) is 4. The van der Waals surface area contributed by atoms with E-state index in [4.69, 9.17) is 9.47 Å². The Kier molecular flexibility index (Phi) is 5.76. The summed E-state index contributed by atoms with van der Waals surface area (Å²) in [4.78, 5) is 2.33. The molecule has 1 aromatic heterocycles. The summed E-state index contributed by atoms with van der Waals surface area (Å²) >= 11 is 0. The number of nitrogens with one attached hydrogen (secondary N) is 1. The van der Waals surface area contributed by atoms with Crippen molar-refractivity contribution in [2.45, 2.75) is 32.1 Å². The van der Waals surface area contributed by atoms with E-state index in [1.807, 2.05) is 18.2 Å². The van der Waals surface area contributed by atoms with Gasteiger partial charge in [-0.25, -0.2) is 4.39 Å². The number of nitrogens with zero attached hydrogens (tertiary/aromatic N) is 2. The quantitative estimate of drug-likeness (QED) is 0.477. The van der Waals surface area contributed by atoms with Crippen LogP contribution in [0.1, 0.15) is 37.8 Å². The second-order valence-electron chi connectivity index (χ2n) is 7.11. The van der Waals surface area contributed by atoms with E-state index < -0.39 is 0 Å². The van der Waals surface area contributed by atoms with E-state index in [9.17, 15) is 4.39 Å². The normalized spacial score (nSPS) is 15.3. The maximum absolute atomic E-state index is 13.4. The molecule has 0 spiro atoms. The highest BCUT2D eigenvalue weighted by atomic mass is 19.1. The molecule has 28 heavy (non-hydrogen) atoms. The number of ether oxygens (including phenoxy) is 2. The molecule has 0 saturated carbocycles. The number of piperidine rings is 1. The lowest BCUT2D eigenvalue weighted by Crippen LogP contribution is -2.33. The van der Waals surface area contributed by atoms with Gasteiger partial charge in [0.05, 0.1) is 23.5 Å². The van der Waals surface area contributed by atoms with Gasteiger partial charge in [0.2, 0.25) is 0 Å². The first-order chi connectivity index (χ1) is 13.8. The fraction of sp³-hybridized carbons (Fsp3) is 0.409. The summed E-state index contributed by atoms with van der Waals surface area (Å²) in [7, 11) is 0. The van der Waals surface area contributed by atoms with Gasteiger partial charge in [0.1, 0.15) is 5.82 Å². The first-order valence-electron chi connectivity index (χ1n) is 9.86. The Morgan fingerprint density at radius 1 is 1.29 bits per heavy atom. The minimum absolute atomic E-state index is 0.242. The molecular weight excluding hydrogens is 357 g/mol. The predicted molar refractivity (Wildman–Crippen MR) is 107 cm³/mol. The first kappa shape index (κ1) is 18.7. The van der Waals surface area contributed by atoms with Crippen molar-refractivity contribution in [1.82, 2.24) is 10.2 Å². The van der Waals surface area contributed by atoms with Crippen molar-refractivity contribution in [2.75, 3.05) is 31.4 Å². The van der Waals surface area contributed by atoms with Crippen molar-refractivity contribution in [3.05, 3.63) is 54.0 Å². The number of rotatable bonds is 7. The van der Waals surface area contributed by atoms with Gasteiger partial charge in [-0.15, -0.1) is 0 Å². The zero-order chi connectivity index (χ0) is 19.3. The fourth-order valence-electron chi connectivity index (χ4n) is 3.80. The van der Waals surface area contributed by atoms with Crippen molar-refractivity contribution in [3.8, 4) is 5.75 Å². The minimum Gasteiger partial charge on any atom is -0.465 e. The number of anilines is 1. The van der Waals surface area contributed by atoms with Crippen LogP contribution in [0.5, 0.6) is 5.75 Å². The van der Waals surface area contributed by atoms with Crippen LogP contribution in [0.2, 0.25) is 0 Å². The van der Waals surface area contributed by atoms with Crippen molar-refractivity contribution in [3.63, 3.8) is 0 Å². The topological polar surface area (TPSA) is 50.4 Å². The SMILES string of the molecule is CCCOCOc1[c]cccc1N1CCC(c2n[nH]c3cc(F)ccc23)CC1. The average Bonchev–Trinajstić information content (AvgIpc) is 3.15. The third-order valence-corrected chi connectivity index (χ3v) is 5.21. The summed E-state index contributed by atoms with van der Waals surface area (Å²) in [6.07, 6.45) is 2.94. The Balaban J connectivity index is 1.43. The molecule has 2 aromatic carbocycles. The molecule has 0 bridgehead atoms. The van der Waals surface area contributed by atoms with Crippen LogP contribution >= 0.6 is 0 Å². The third-order valence-electron chi connectivity index (χ3n) is 5.21. The number of H-pyrrole nitrogens is 1. The highest BCUT2D eigenvalue weighted by Crippen LogP contribution is 2.36. The Labute approximate surface area is 164 Å². The minimum atomic E-state index is -0.242. The molecule has 2 heterocycles. The summed E-state index contributed by atoms with van der Waals surface area (Å²) in [6.45, 7) is 4.82. The summed E-state index contributed by atoms with van der Waals surface area (Å²) < 4.78 is 24.7. The van der Waals surface area contributed by atoms with E-state index >= 15 is 0 Å². The van der Waals surface area contributed by atoms with Crippen LogP contribution in [-0.4, -0.2) is 36.7 Å². The predicted octanol–water partition coefficient (Wildman–Crippen LogP) is 4.65. The highest BCUT2D eigenvalue weighted by molar-refractivity contribution is 5.81. The number of aromatic amines is 1. The van der Waals surface area contributed by atoms with Gasteiger partial charge in [0.25, 0.3) is 0 Å². The molecule has 0 aliphatic carbocycles. The zero-order valence-electron chi connectivity index (χ0n) is 16.1. The maximum atomic E-state index is 13.4. The van der Waals surface area contributed by atoms with Gasteiger partial charge < -0.3 is 14.4 Å². The van der Waals surface area contributed by atoms with Crippen molar-refractivity contribution < 1.29 is 13.9 Å². The van der Waals surface area contributed by atoms with Gasteiger partial charge in [-0.3, -0.25) is 5.10 Å². The molecule has 1 radical (unpaired) electrons. The molecule has 1 aliphatic rings. The lowest BCUT2D eigenvalue weighted by Gasteiger charge is -2.34. The van der Waals surface area contributed by atoms with Crippen LogP contribution in [0.15, 0.2) is 36.4 Å².